The maximum absolute atomic E-state index is 12.6. The average Bonchev–Trinajstić information content (AvgIpc) is 3.38. The van der Waals surface area contributed by atoms with E-state index in [1.807, 2.05) is 42.5 Å². The minimum absolute atomic E-state index is 0.0371. The largest absolute Gasteiger partial charge is 0.356 e. The molecule has 1 amide bonds. The fraction of sp³-hybridized carbons (Fsp3) is 0.240. The van der Waals surface area contributed by atoms with Crippen molar-refractivity contribution in [1.82, 2.24) is 25.4 Å². The lowest BCUT2D eigenvalue weighted by Crippen LogP contribution is -2.41. The van der Waals surface area contributed by atoms with Crippen LogP contribution in [0.25, 0.3) is 22.8 Å². The minimum atomic E-state index is -0.0371. The highest BCUT2D eigenvalue weighted by Crippen LogP contribution is 2.32. The Bertz CT molecular complexity index is 1270. The molecule has 4 heterocycles. The standard InChI is InChI=1S/C25H23ClN6O2/c26-19-6-3-5-18(15-19)22-30-25(34-31-22)21-8-4-12-28-23(21)32-13-9-17(10-14-32)24(33)29-16-20-7-1-2-11-27-20/h1-8,11-12,15,17H,9-10,13-14,16H2,(H,29,33). The molecule has 0 bridgehead atoms. The quantitative estimate of drug-likeness (QED) is 0.443. The Morgan fingerprint density at radius 1 is 1.06 bits per heavy atom. The lowest BCUT2D eigenvalue weighted by atomic mass is 9.95. The monoisotopic (exact) mass is 474 g/mol. The number of anilines is 1. The van der Waals surface area contributed by atoms with Gasteiger partial charge in [0.1, 0.15) is 5.82 Å². The molecule has 1 N–H and O–H groups in total. The summed E-state index contributed by atoms with van der Waals surface area (Å²) in [4.78, 5) is 28.2. The summed E-state index contributed by atoms with van der Waals surface area (Å²) < 4.78 is 5.57. The van der Waals surface area contributed by atoms with Gasteiger partial charge in [-0.3, -0.25) is 9.78 Å². The third-order valence-corrected chi connectivity index (χ3v) is 6.10. The topological polar surface area (TPSA) is 97.0 Å². The zero-order valence-corrected chi connectivity index (χ0v) is 19.2. The van der Waals surface area contributed by atoms with E-state index in [4.69, 9.17) is 16.1 Å². The van der Waals surface area contributed by atoms with Crippen molar-refractivity contribution in [2.24, 2.45) is 5.92 Å². The van der Waals surface area contributed by atoms with Crippen LogP contribution in [0.3, 0.4) is 0 Å². The van der Waals surface area contributed by atoms with Crippen LogP contribution in [0.15, 0.2) is 71.5 Å². The Kier molecular flexibility index (Phi) is 6.49. The number of hydrogen-bond donors (Lipinski definition) is 1. The molecular weight excluding hydrogens is 452 g/mol. The van der Waals surface area contributed by atoms with Crippen molar-refractivity contribution in [1.29, 1.82) is 0 Å². The number of benzene rings is 1. The Hall–Kier alpha value is -3.78. The van der Waals surface area contributed by atoms with Crippen LogP contribution in [0.1, 0.15) is 18.5 Å². The van der Waals surface area contributed by atoms with E-state index in [0.717, 1.165) is 35.5 Å². The number of rotatable bonds is 6. The molecule has 4 aromatic rings. The van der Waals surface area contributed by atoms with Gasteiger partial charge in [0.05, 0.1) is 17.8 Å². The number of carbonyl (C=O) groups is 1. The Morgan fingerprint density at radius 3 is 2.71 bits per heavy atom. The number of nitrogens with zero attached hydrogens (tertiary/aromatic N) is 5. The Morgan fingerprint density at radius 2 is 1.91 bits per heavy atom. The fourth-order valence-electron chi connectivity index (χ4n) is 4.07. The SMILES string of the molecule is O=C(NCc1ccccn1)C1CCN(c2ncccc2-c2nc(-c3cccc(Cl)c3)no2)CC1. The Balaban J connectivity index is 1.25. The smallest absolute Gasteiger partial charge is 0.261 e. The van der Waals surface area contributed by atoms with E-state index in [0.29, 0.717) is 36.4 Å². The van der Waals surface area contributed by atoms with Crippen molar-refractivity contribution in [3.05, 3.63) is 77.7 Å². The number of pyridine rings is 2. The number of halogens is 1. The molecule has 5 rings (SSSR count). The second-order valence-electron chi connectivity index (χ2n) is 8.11. The highest BCUT2D eigenvalue weighted by molar-refractivity contribution is 6.30. The minimum Gasteiger partial charge on any atom is -0.356 e. The molecule has 0 radical (unpaired) electrons. The fourth-order valence-corrected chi connectivity index (χ4v) is 4.26. The van der Waals surface area contributed by atoms with Gasteiger partial charge in [0, 0.05) is 42.0 Å². The molecule has 0 atom stereocenters. The van der Waals surface area contributed by atoms with Gasteiger partial charge in [-0.25, -0.2) is 4.98 Å². The number of aromatic nitrogens is 4. The second kappa shape index (κ2) is 10.0. The van der Waals surface area contributed by atoms with Gasteiger partial charge in [0.2, 0.25) is 11.7 Å². The van der Waals surface area contributed by atoms with Gasteiger partial charge in [-0.05, 0) is 49.2 Å². The number of hydrogen-bond acceptors (Lipinski definition) is 7. The molecule has 1 saturated heterocycles. The van der Waals surface area contributed by atoms with Gasteiger partial charge < -0.3 is 14.7 Å². The number of nitrogens with one attached hydrogen (secondary N) is 1. The molecule has 172 valence electrons. The first-order chi connectivity index (χ1) is 16.7. The summed E-state index contributed by atoms with van der Waals surface area (Å²) in [7, 11) is 0. The first-order valence-electron chi connectivity index (χ1n) is 11.1. The zero-order chi connectivity index (χ0) is 23.3. The summed E-state index contributed by atoms with van der Waals surface area (Å²) in [6.45, 7) is 1.86. The lowest BCUT2D eigenvalue weighted by molar-refractivity contribution is -0.125. The van der Waals surface area contributed by atoms with E-state index in [1.165, 1.54) is 0 Å². The van der Waals surface area contributed by atoms with Gasteiger partial charge in [-0.15, -0.1) is 0 Å². The van der Waals surface area contributed by atoms with Crippen LogP contribution >= 0.6 is 11.6 Å². The third-order valence-electron chi connectivity index (χ3n) is 5.86. The molecular formula is C25H23ClN6O2. The van der Waals surface area contributed by atoms with Crippen molar-refractivity contribution >= 4 is 23.3 Å². The van der Waals surface area contributed by atoms with E-state index in [-0.39, 0.29) is 11.8 Å². The van der Waals surface area contributed by atoms with Crippen molar-refractivity contribution in [2.45, 2.75) is 19.4 Å². The van der Waals surface area contributed by atoms with Crippen LogP contribution in [0, 0.1) is 5.92 Å². The summed E-state index contributed by atoms with van der Waals surface area (Å²) in [6.07, 6.45) is 4.95. The second-order valence-corrected chi connectivity index (χ2v) is 8.54. The van der Waals surface area contributed by atoms with E-state index in [1.54, 1.807) is 24.5 Å². The molecule has 9 heteroatoms. The van der Waals surface area contributed by atoms with Crippen LogP contribution in [0.4, 0.5) is 5.82 Å². The van der Waals surface area contributed by atoms with Crippen molar-refractivity contribution in [3.63, 3.8) is 0 Å². The van der Waals surface area contributed by atoms with Gasteiger partial charge in [-0.1, -0.05) is 35.0 Å². The summed E-state index contributed by atoms with van der Waals surface area (Å²) in [5, 5.41) is 7.74. The molecule has 3 aromatic heterocycles. The summed E-state index contributed by atoms with van der Waals surface area (Å²) in [6, 6.07) is 16.8. The van der Waals surface area contributed by atoms with E-state index in [2.05, 4.69) is 30.3 Å². The van der Waals surface area contributed by atoms with Crippen molar-refractivity contribution < 1.29 is 9.32 Å². The van der Waals surface area contributed by atoms with Crippen LogP contribution in [-0.2, 0) is 11.3 Å². The summed E-state index contributed by atoms with van der Waals surface area (Å²) >= 11 is 6.10. The molecule has 34 heavy (non-hydrogen) atoms. The summed E-state index contributed by atoms with van der Waals surface area (Å²) in [5.41, 5.74) is 2.40. The maximum Gasteiger partial charge on any atom is 0.261 e. The number of carbonyl (C=O) groups excluding carboxylic acids is 1. The van der Waals surface area contributed by atoms with Crippen LogP contribution in [-0.4, -0.2) is 39.1 Å². The average molecular weight is 475 g/mol. The predicted molar refractivity (Wildman–Crippen MR) is 129 cm³/mol. The lowest BCUT2D eigenvalue weighted by Gasteiger charge is -2.32. The molecule has 0 saturated carbocycles. The number of amides is 1. The molecule has 1 fully saturated rings. The summed E-state index contributed by atoms with van der Waals surface area (Å²) in [5.74, 6) is 1.67. The molecule has 1 aliphatic heterocycles. The zero-order valence-electron chi connectivity index (χ0n) is 18.4. The van der Waals surface area contributed by atoms with Crippen molar-refractivity contribution in [3.8, 4) is 22.8 Å². The maximum atomic E-state index is 12.6. The van der Waals surface area contributed by atoms with Gasteiger partial charge in [-0.2, -0.15) is 4.98 Å². The van der Waals surface area contributed by atoms with Crippen LogP contribution in [0.2, 0.25) is 5.02 Å². The highest BCUT2D eigenvalue weighted by atomic mass is 35.5. The van der Waals surface area contributed by atoms with Gasteiger partial charge in [0.25, 0.3) is 5.89 Å². The molecule has 1 aliphatic rings. The van der Waals surface area contributed by atoms with E-state index >= 15 is 0 Å². The first-order valence-corrected chi connectivity index (χ1v) is 11.5. The predicted octanol–water partition coefficient (Wildman–Crippen LogP) is 4.38. The first kappa shape index (κ1) is 22.0. The van der Waals surface area contributed by atoms with Crippen LogP contribution in [0.5, 0.6) is 0 Å². The van der Waals surface area contributed by atoms with Crippen molar-refractivity contribution in [2.75, 3.05) is 18.0 Å². The molecule has 0 unspecified atom stereocenters. The number of piperidine rings is 1. The third kappa shape index (κ3) is 4.92. The molecule has 8 nitrogen and oxygen atoms in total. The normalized spacial score (nSPS) is 14.2. The highest BCUT2D eigenvalue weighted by Gasteiger charge is 2.27. The van der Waals surface area contributed by atoms with E-state index in [9.17, 15) is 4.79 Å². The molecule has 0 aliphatic carbocycles. The molecule has 0 spiro atoms. The van der Waals surface area contributed by atoms with E-state index < -0.39 is 0 Å². The van der Waals surface area contributed by atoms with Crippen LogP contribution < -0.4 is 10.2 Å². The Labute approximate surface area is 202 Å². The molecule has 1 aromatic carbocycles. The van der Waals surface area contributed by atoms with Gasteiger partial charge >= 0.3 is 0 Å². The van der Waals surface area contributed by atoms with Gasteiger partial charge in [0.15, 0.2) is 0 Å².